The summed E-state index contributed by atoms with van der Waals surface area (Å²) in [6.45, 7) is 5.04. The Balaban J connectivity index is 1.75. The second-order valence-electron chi connectivity index (χ2n) is 5.02. The summed E-state index contributed by atoms with van der Waals surface area (Å²) in [6.07, 6.45) is 0. The quantitative estimate of drug-likeness (QED) is 0.771. The Kier molecular flexibility index (Phi) is 6.29. The van der Waals surface area contributed by atoms with E-state index in [-0.39, 0.29) is 12.8 Å². The van der Waals surface area contributed by atoms with E-state index >= 15 is 0 Å². The van der Waals surface area contributed by atoms with Crippen molar-refractivity contribution in [3.05, 3.63) is 59.7 Å². The first-order chi connectivity index (χ1) is 11.2. The molecule has 2 aromatic rings. The van der Waals surface area contributed by atoms with Crippen LogP contribution in [0.15, 0.2) is 48.5 Å². The number of hydrogen-bond donors (Lipinski definition) is 2. The van der Waals surface area contributed by atoms with Crippen LogP contribution in [0.3, 0.4) is 0 Å². The van der Waals surface area contributed by atoms with E-state index in [2.05, 4.69) is 10.6 Å². The first-order valence-corrected chi connectivity index (χ1v) is 7.61. The van der Waals surface area contributed by atoms with E-state index in [0.29, 0.717) is 24.7 Å². The molecule has 2 amide bonds. The van der Waals surface area contributed by atoms with E-state index in [1.54, 1.807) is 6.07 Å². The van der Waals surface area contributed by atoms with Gasteiger partial charge in [0.15, 0.2) is 18.2 Å². The molecule has 0 spiro atoms. The van der Waals surface area contributed by atoms with E-state index in [1.165, 1.54) is 5.56 Å². The van der Waals surface area contributed by atoms with Crippen molar-refractivity contribution in [3.8, 4) is 11.5 Å². The Morgan fingerprint density at radius 1 is 1.00 bits per heavy atom. The van der Waals surface area contributed by atoms with Crippen molar-refractivity contribution < 1.29 is 14.3 Å². The van der Waals surface area contributed by atoms with Gasteiger partial charge >= 0.3 is 6.03 Å². The predicted octanol–water partition coefficient (Wildman–Crippen LogP) is 3.23. The number of para-hydroxylation sites is 2. The molecule has 0 heterocycles. The molecule has 23 heavy (non-hydrogen) atoms. The molecule has 5 heteroatoms. The molecule has 0 saturated carbocycles. The lowest BCUT2D eigenvalue weighted by molar-refractivity contribution is 0.219. The van der Waals surface area contributed by atoms with Crippen molar-refractivity contribution in [2.24, 2.45) is 0 Å². The van der Waals surface area contributed by atoms with Gasteiger partial charge in [0.2, 0.25) is 0 Å². The summed E-state index contributed by atoms with van der Waals surface area (Å²) in [5, 5.41) is 5.45. The Morgan fingerprint density at radius 3 is 2.43 bits per heavy atom. The zero-order chi connectivity index (χ0) is 16.5. The fourth-order valence-electron chi connectivity index (χ4n) is 2.09. The lowest BCUT2D eigenvalue weighted by Gasteiger charge is -2.12. The topological polar surface area (TPSA) is 59.6 Å². The van der Waals surface area contributed by atoms with Crippen LogP contribution in [0, 0.1) is 6.92 Å². The van der Waals surface area contributed by atoms with Gasteiger partial charge in [-0.05, 0) is 31.5 Å². The SMILES string of the molecule is CCOc1ccccc1OCNC(=O)NCc1cccc(C)c1. The van der Waals surface area contributed by atoms with Crippen molar-refractivity contribution in [1.29, 1.82) is 0 Å². The third-order valence-electron chi connectivity index (χ3n) is 3.14. The summed E-state index contributed by atoms with van der Waals surface area (Å²) in [5.41, 5.74) is 2.23. The van der Waals surface area contributed by atoms with E-state index in [1.807, 2.05) is 56.3 Å². The zero-order valence-electron chi connectivity index (χ0n) is 13.5. The molecule has 0 aliphatic rings. The summed E-state index contributed by atoms with van der Waals surface area (Å²) in [5.74, 6) is 1.27. The molecule has 0 atom stereocenters. The molecule has 0 radical (unpaired) electrons. The molecule has 2 rings (SSSR count). The van der Waals surface area contributed by atoms with Gasteiger partial charge < -0.3 is 20.1 Å². The van der Waals surface area contributed by atoms with Crippen molar-refractivity contribution in [2.45, 2.75) is 20.4 Å². The van der Waals surface area contributed by atoms with Crippen molar-refractivity contribution >= 4 is 6.03 Å². The molecule has 0 saturated heterocycles. The number of carbonyl (C=O) groups is 1. The monoisotopic (exact) mass is 314 g/mol. The van der Waals surface area contributed by atoms with Crippen LogP contribution in [0.4, 0.5) is 4.79 Å². The molecule has 0 unspecified atom stereocenters. The Bertz CT molecular complexity index is 644. The van der Waals surface area contributed by atoms with Crippen LogP contribution >= 0.6 is 0 Å². The highest BCUT2D eigenvalue weighted by Crippen LogP contribution is 2.25. The summed E-state index contributed by atoms with van der Waals surface area (Å²) in [4.78, 5) is 11.8. The van der Waals surface area contributed by atoms with Gasteiger partial charge in [0.1, 0.15) is 0 Å². The number of rotatable bonds is 7. The minimum atomic E-state index is -0.277. The summed E-state index contributed by atoms with van der Waals surface area (Å²) in [6, 6.07) is 15.1. The van der Waals surface area contributed by atoms with Gasteiger partial charge in [0, 0.05) is 6.54 Å². The lowest BCUT2D eigenvalue weighted by atomic mass is 10.1. The van der Waals surface area contributed by atoms with Crippen LogP contribution in [0.5, 0.6) is 11.5 Å². The molecule has 2 N–H and O–H groups in total. The largest absolute Gasteiger partial charge is 0.490 e. The maximum absolute atomic E-state index is 11.8. The van der Waals surface area contributed by atoms with E-state index in [4.69, 9.17) is 9.47 Å². The molecule has 2 aromatic carbocycles. The van der Waals surface area contributed by atoms with Gasteiger partial charge in [-0.3, -0.25) is 0 Å². The Hall–Kier alpha value is -2.69. The lowest BCUT2D eigenvalue weighted by Crippen LogP contribution is -2.37. The summed E-state index contributed by atoms with van der Waals surface area (Å²) >= 11 is 0. The average Bonchev–Trinajstić information content (AvgIpc) is 2.55. The highest BCUT2D eigenvalue weighted by atomic mass is 16.5. The predicted molar refractivity (Wildman–Crippen MR) is 89.7 cm³/mol. The standard InChI is InChI=1S/C18H22N2O3/c1-3-22-16-9-4-5-10-17(16)23-13-20-18(21)19-12-15-8-6-7-14(2)11-15/h4-11H,3,12-13H2,1-2H3,(H2,19,20,21). The number of urea groups is 1. The number of nitrogens with one attached hydrogen (secondary N) is 2. The third-order valence-corrected chi connectivity index (χ3v) is 3.14. The van der Waals surface area contributed by atoms with Crippen molar-refractivity contribution in [1.82, 2.24) is 10.6 Å². The number of hydrogen-bond acceptors (Lipinski definition) is 3. The number of ether oxygens (including phenoxy) is 2. The number of benzene rings is 2. The fraction of sp³-hybridized carbons (Fsp3) is 0.278. The molecule has 5 nitrogen and oxygen atoms in total. The smallest absolute Gasteiger partial charge is 0.317 e. The molecular formula is C18H22N2O3. The molecule has 122 valence electrons. The maximum Gasteiger partial charge on any atom is 0.317 e. The number of carbonyl (C=O) groups excluding carboxylic acids is 1. The van der Waals surface area contributed by atoms with Gasteiger partial charge in [-0.15, -0.1) is 0 Å². The molecule has 0 aromatic heterocycles. The molecule has 0 aliphatic carbocycles. The second kappa shape index (κ2) is 8.68. The van der Waals surface area contributed by atoms with Crippen LogP contribution in [0.1, 0.15) is 18.1 Å². The van der Waals surface area contributed by atoms with Gasteiger partial charge in [-0.2, -0.15) is 0 Å². The van der Waals surface area contributed by atoms with Gasteiger partial charge in [-0.1, -0.05) is 42.0 Å². The van der Waals surface area contributed by atoms with Crippen LogP contribution in [-0.2, 0) is 6.54 Å². The molecule has 0 aliphatic heterocycles. The minimum absolute atomic E-state index is 0.0732. The number of aryl methyl sites for hydroxylation is 1. The van der Waals surface area contributed by atoms with Crippen molar-refractivity contribution in [2.75, 3.05) is 13.3 Å². The molecule has 0 fully saturated rings. The first-order valence-electron chi connectivity index (χ1n) is 7.61. The highest BCUT2D eigenvalue weighted by molar-refractivity contribution is 5.73. The van der Waals surface area contributed by atoms with Crippen LogP contribution < -0.4 is 20.1 Å². The fourth-order valence-corrected chi connectivity index (χ4v) is 2.09. The summed E-state index contributed by atoms with van der Waals surface area (Å²) < 4.78 is 11.0. The normalized spacial score (nSPS) is 10.0. The van der Waals surface area contributed by atoms with Gasteiger partial charge in [0.25, 0.3) is 0 Å². The third kappa shape index (κ3) is 5.54. The average molecular weight is 314 g/mol. The van der Waals surface area contributed by atoms with Gasteiger partial charge in [0.05, 0.1) is 6.61 Å². The van der Waals surface area contributed by atoms with Gasteiger partial charge in [-0.25, -0.2) is 4.79 Å². The second-order valence-corrected chi connectivity index (χ2v) is 5.02. The van der Waals surface area contributed by atoms with Crippen LogP contribution in [0.2, 0.25) is 0 Å². The van der Waals surface area contributed by atoms with Crippen molar-refractivity contribution in [3.63, 3.8) is 0 Å². The van der Waals surface area contributed by atoms with Crippen LogP contribution in [0.25, 0.3) is 0 Å². The van der Waals surface area contributed by atoms with E-state index in [0.717, 1.165) is 5.56 Å². The number of amides is 2. The first kappa shape index (κ1) is 16.7. The molecular weight excluding hydrogens is 292 g/mol. The maximum atomic E-state index is 11.8. The minimum Gasteiger partial charge on any atom is -0.490 e. The Labute approximate surface area is 136 Å². The van der Waals surface area contributed by atoms with Crippen LogP contribution in [-0.4, -0.2) is 19.4 Å². The Morgan fingerprint density at radius 2 is 1.74 bits per heavy atom. The van der Waals surface area contributed by atoms with E-state index in [9.17, 15) is 4.79 Å². The molecule has 0 bridgehead atoms. The van der Waals surface area contributed by atoms with E-state index < -0.39 is 0 Å². The highest BCUT2D eigenvalue weighted by Gasteiger charge is 2.04. The summed E-state index contributed by atoms with van der Waals surface area (Å²) in [7, 11) is 0. The zero-order valence-corrected chi connectivity index (χ0v) is 13.5.